The first kappa shape index (κ1) is 14.8. The highest BCUT2D eigenvalue weighted by molar-refractivity contribution is 6.33. The van der Waals surface area contributed by atoms with Crippen molar-refractivity contribution in [3.05, 3.63) is 40.4 Å². The second kappa shape index (κ2) is 6.72. The highest BCUT2D eigenvalue weighted by Gasteiger charge is 2.09. The molecule has 108 valence electrons. The number of aromatic nitrogens is 3. The number of benzene rings is 1. The summed E-state index contributed by atoms with van der Waals surface area (Å²) in [6.07, 6.45) is 1.03. The Kier molecular flexibility index (Phi) is 4.98. The van der Waals surface area contributed by atoms with Gasteiger partial charge >= 0.3 is 0 Å². The number of rotatable bonds is 6. The molecule has 0 amide bonds. The zero-order valence-electron chi connectivity index (χ0n) is 11.7. The van der Waals surface area contributed by atoms with Gasteiger partial charge in [0.2, 0.25) is 0 Å². The Morgan fingerprint density at radius 2 is 2.15 bits per heavy atom. The predicted molar refractivity (Wildman–Crippen MR) is 79.8 cm³/mol. The zero-order valence-corrected chi connectivity index (χ0v) is 12.5. The monoisotopic (exact) mass is 294 g/mol. The molecule has 0 unspecified atom stereocenters. The largest absolute Gasteiger partial charge is 0.392 e. The summed E-state index contributed by atoms with van der Waals surface area (Å²) in [6, 6.07) is 5.42. The maximum Gasteiger partial charge on any atom is 0.152 e. The van der Waals surface area contributed by atoms with Gasteiger partial charge < -0.3 is 15.0 Å². The second-order valence-corrected chi connectivity index (χ2v) is 5.05. The lowest BCUT2D eigenvalue weighted by Crippen LogP contribution is -2.10. The molecule has 1 aromatic carbocycles. The van der Waals surface area contributed by atoms with Crippen LogP contribution in [-0.4, -0.2) is 19.9 Å². The van der Waals surface area contributed by atoms with Gasteiger partial charge in [-0.3, -0.25) is 0 Å². The maximum atomic E-state index is 9.16. The molecule has 0 spiro atoms. The smallest absolute Gasteiger partial charge is 0.152 e. The Labute approximate surface area is 123 Å². The number of anilines is 1. The molecule has 0 atom stereocenters. The van der Waals surface area contributed by atoms with Crippen LogP contribution in [0.5, 0.6) is 0 Å². The summed E-state index contributed by atoms with van der Waals surface area (Å²) in [5.41, 5.74) is 1.62. The van der Waals surface area contributed by atoms with Crippen LogP contribution in [0.25, 0.3) is 0 Å². The number of halogens is 1. The number of aryl methyl sites for hydroxylation is 1. The van der Waals surface area contributed by atoms with Gasteiger partial charge in [0.15, 0.2) is 5.82 Å². The molecule has 1 heterocycles. The van der Waals surface area contributed by atoms with Gasteiger partial charge in [0.25, 0.3) is 0 Å². The molecule has 6 heteroatoms. The van der Waals surface area contributed by atoms with Crippen molar-refractivity contribution < 1.29 is 5.11 Å². The van der Waals surface area contributed by atoms with Crippen molar-refractivity contribution in [2.24, 2.45) is 0 Å². The Bertz CT molecular complexity index is 583. The van der Waals surface area contributed by atoms with E-state index in [-0.39, 0.29) is 6.61 Å². The Morgan fingerprint density at radius 1 is 1.35 bits per heavy atom. The van der Waals surface area contributed by atoms with Crippen LogP contribution in [0.4, 0.5) is 5.69 Å². The van der Waals surface area contributed by atoms with Gasteiger partial charge in [0.05, 0.1) is 23.9 Å². The molecule has 0 aliphatic rings. The lowest BCUT2D eigenvalue weighted by molar-refractivity contribution is 0.282. The Balaban J connectivity index is 2.12. The van der Waals surface area contributed by atoms with Crippen LogP contribution in [0.1, 0.15) is 30.6 Å². The van der Waals surface area contributed by atoms with Gasteiger partial charge in [-0.1, -0.05) is 24.6 Å². The number of hydrogen-bond donors (Lipinski definition) is 2. The molecule has 2 N–H and O–H groups in total. The van der Waals surface area contributed by atoms with Crippen LogP contribution in [0.2, 0.25) is 5.02 Å². The van der Waals surface area contributed by atoms with E-state index < -0.39 is 0 Å². The van der Waals surface area contributed by atoms with Crippen LogP contribution in [0.15, 0.2) is 18.2 Å². The summed E-state index contributed by atoms with van der Waals surface area (Å²) in [7, 11) is 0. The van der Waals surface area contributed by atoms with Crippen molar-refractivity contribution in [2.45, 2.75) is 40.0 Å². The SMILES string of the molecule is CCCn1c(C)nnc1CNc1cc(CO)ccc1Cl. The van der Waals surface area contributed by atoms with E-state index >= 15 is 0 Å². The topological polar surface area (TPSA) is 63.0 Å². The Morgan fingerprint density at radius 3 is 2.85 bits per heavy atom. The van der Waals surface area contributed by atoms with Crippen LogP contribution < -0.4 is 5.32 Å². The van der Waals surface area contributed by atoms with Crippen molar-refractivity contribution in [1.29, 1.82) is 0 Å². The fraction of sp³-hybridized carbons (Fsp3) is 0.429. The lowest BCUT2D eigenvalue weighted by Gasteiger charge is -2.11. The van der Waals surface area contributed by atoms with Gasteiger partial charge in [0.1, 0.15) is 5.82 Å². The van der Waals surface area contributed by atoms with Gasteiger partial charge in [-0.2, -0.15) is 0 Å². The van der Waals surface area contributed by atoms with E-state index in [1.165, 1.54) is 0 Å². The molecule has 0 saturated carbocycles. The van der Waals surface area contributed by atoms with Crippen molar-refractivity contribution >= 4 is 17.3 Å². The average Bonchev–Trinajstić information content (AvgIpc) is 2.80. The summed E-state index contributed by atoms with van der Waals surface area (Å²) < 4.78 is 2.09. The number of nitrogens with zero attached hydrogens (tertiary/aromatic N) is 3. The summed E-state index contributed by atoms with van der Waals surface area (Å²) in [5, 5.41) is 21.3. The first-order valence-electron chi connectivity index (χ1n) is 6.67. The fourth-order valence-electron chi connectivity index (χ4n) is 2.05. The van der Waals surface area contributed by atoms with Crippen LogP contribution in [0.3, 0.4) is 0 Å². The number of hydrogen-bond acceptors (Lipinski definition) is 4. The van der Waals surface area contributed by atoms with Gasteiger partial charge in [0, 0.05) is 6.54 Å². The van der Waals surface area contributed by atoms with E-state index in [0.29, 0.717) is 11.6 Å². The number of aliphatic hydroxyl groups excluding tert-OH is 1. The fourth-order valence-corrected chi connectivity index (χ4v) is 2.23. The van der Waals surface area contributed by atoms with Gasteiger partial charge in [-0.15, -0.1) is 10.2 Å². The molecule has 5 nitrogen and oxygen atoms in total. The molecular weight excluding hydrogens is 276 g/mol. The average molecular weight is 295 g/mol. The molecule has 1 aromatic heterocycles. The van der Waals surface area contributed by atoms with Crippen molar-refractivity contribution in [1.82, 2.24) is 14.8 Å². The first-order valence-corrected chi connectivity index (χ1v) is 7.05. The molecule has 0 fully saturated rings. The highest BCUT2D eigenvalue weighted by atomic mass is 35.5. The van der Waals surface area contributed by atoms with Crippen LogP contribution in [0, 0.1) is 6.92 Å². The van der Waals surface area contributed by atoms with E-state index in [0.717, 1.165) is 35.9 Å². The normalized spacial score (nSPS) is 10.8. The van der Waals surface area contributed by atoms with E-state index in [9.17, 15) is 0 Å². The Hall–Kier alpha value is -1.59. The molecule has 0 bridgehead atoms. The summed E-state index contributed by atoms with van der Waals surface area (Å²) in [6.45, 7) is 5.52. The minimum absolute atomic E-state index is 0.00300. The molecule has 0 radical (unpaired) electrons. The number of nitrogens with one attached hydrogen (secondary N) is 1. The molecule has 2 aromatic rings. The molecule has 0 aliphatic carbocycles. The van der Waals surface area contributed by atoms with Crippen molar-refractivity contribution in [3.8, 4) is 0 Å². The van der Waals surface area contributed by atoms with Crippen molar-refractivity contribution in [3.63, 3.8) is 0 Å². The van der Waals surface area contributed by atoms with E-state index in [4.69, 9.17) is 16.7 Å². The lowest BCUT2D eigenvalue weighted by atomic mass is 10.2. The van der Waals surface area contributed by atoms with E-state index in [1.807, 2.05) is 13.0 Å². The van der Waals surface area contributed by atoms with Gasteiger partial charge in [-0.05, 0) is 31.0 Å². The van der Waals surface area contributed by atoms with E-state index in [1.54, 1.807) is 12.1 Å². The standard InChI is InChI=1S/C14H19ClN4O/c1-3-6-19-10(2)17-18-14(19)8-16-13-7-11(9-20)4-5-12(13)15/h4-5,7,16,20H,3,6,8-9H2,1-2H3. The predicted octanol–water partition coefficient (Wildman–Crippen LogP) is 2.75. The summed E-state index contributed by atoms with van der Waals surface area (Å²) >= 11 is 6.14. The molecule has 0 aliphatic heterocycles. The summed E-state index contributed by atoms with van der Waals surface area (Å²) in [4.78, 5) is 0. The molecule has 0 saturated heterocycles. The van der Waals surface area contributed by atoms with Crippen LogP contribution >= 0.6 is 11.6 Å². The minimum atomic E-state index is -0.00300. The minimum Gasteiger partial charge on any atom is -0.392 e. The van der Waals surface area contributed by atoms with Crippen LogP contribution in [-0.2, 0) is 19.7 Å². The quantitative estimate of drug-likeness (QED) is 0.860. The molecule has 20 heavy (non-hydrogen) atoms. The van der Waals surface area contributed by atoms with E-state index in [2.05, 4.69) is 27.0 Å². The highest BCUT2D eigenvalue weighted by Crippen LogP contribution is 2.23. The first-order chi connectivity index (χ1) is 9.65. The second-order valence-electron chi connectivity index (χ2n) is 4.64. The number of aliphatic hydroxyl groups is 1. The van der Waals surface area contributed by atoms with Gasteiger partial charge in [-0.25, -0.2) is 0 Å². The third-order valence-corrected chi connectivity index (χ3v) is 3.44. The third kappa shape index (κ3) is 3.29. The van der Waals surface area contributed by atoms with Crippen molar-refractivity contribution in [2.75, 3.05) is 5.32 Å². The maximum absolute atomic E-state index is 9.16. The zero-order chi connectivity index (χ0) is 14.5. The molecule has 2 rings (SSSR count). The summed E-state index contributed by atoms with van der Waals surface area (Å²) in [5.74, 6) is 1.80. The third-order valence-electron chi connectivity index (χ3n) is 3.11. The molecular formula is C14H19ClN4O.